The van der Waals surface area contributed by atoms with Crippen molar-refractivity contribution < 1.29 is 4.79 Å². The minimum absolute atomic E-state index is 0.0451. The monoisotopic (exact) mass is 351 g/mol. The van der Waals surface area contributed by atoms with E-state index in [1.165, 1.54) is 6.08 Å². The number of Topliss-reactive ketones (excluding diaryl/α,β-unsaturated/α-hetero) is 1. The minimum Gasteiger partial charge on any atom is -0.288 e. The molecule has 0 unspecified atom stereocenters. The number of hydrogen-bond donors (Lipinski definition) is 0. The zero-order chi connectivity index (χ0) is 17.1. The Morgan fingerprint density at radius 2 is 1.67 bits per heavy atom. The van der Waals surface area contributed by atoms with Crippen LogP contribution >= 0.6 is 23.2 Å². The van der Waals surface area contributed by atoms with Gasteiger partial charge in [0.2, 0.25) is 5.78 Å². The van der Waals surface area contributed by atoms with Gasteiger partial charge in [-0.25, -0.2) is 0 Å². The van der Waals surface area contributed by atoms with E-state index in [1.54, 1.807) is 30.3 Å². The number of allylic oxidation sites excluding steroid dienone is 1. The van der Waals surface area contributed by atoms with E-state index >= 15 is 0 Å². The molecule has 0 spiro atoms. The summed E-state index contributed by atoms with van der Waals surface area (Å²) < 4.78 is 0. The topological polar surface area (TPSA) is 40.9 Å². The predicted octanol–water partition coefficient (Wildman–Crippen LogP) is 5.94. The Morgan fingerprint density at radius 1 is 0.917 bits per heavy atom. The van der Waals surface area contributed by atoms with Gasteiger partial charge in [0.25, 0.3) is 0 Å². The Morgan fingerprint density at radius 3 is 2.38 bits per heavy atom. The second kappa shape index (κ2) is 6.88. The van der Waals surface area contributed by atoms with Gasteiger partial charge in [0.1, 0.15) is 11.6 Å². The lowest BCUT2D eigenvalue weighted by atomic mass is 9.99. The van der Waals surface area contributed by atoms with Gasteiger partial charge in [-0.2, -0.15) is 5.26 Å². The highest BCUT2D eigenvalue weighted by molar-refractivity contribution is 6.42. The largest absolute Gasteiger partial charge is 0.288 e. The van der Waals surface area contributed by atoms with E-state index in [1.807, 2.05) is 36.4 Å². The molecule has 0 fully saturated rings. The SMILES string of the molecule is N#C/C(=C\c1ccc(Cl)c(Cl)c1)C(=O)c1ccc2ccccc2c1. The van der Waals surface area contributed by atoms with Crippen molar-refractivity contribution in [1.29, 1.82) is 5.26 Å². The number of nitriles is 1. The zero-order valence-corrected chi connectivity index (χ0v) is 14.0. The summed E-state index contributed by atoms with van der Waals surface area (Å²) in [5, 5.41) is 12.2. The number of hydrogen-bond acceptors (Lipinski definition) is 2. The Labute approximate surface area is 149 Å². The highest BCUT2D eigenvalue weighted by Crippen LogP contribution is 2.24. The smallest absolute Gasteiger partial charge is 0.203 e. The van der Waals surface area contributed by atoms with Crippen molar-refractivity contribution in [2.24, 2.45) is 0 Å². The number of carbonyl (C=O) groups is 1. The molecule has 24 heavy (non-hydrogen) atoms. The molecule has 0 aliphatic heterocycles. The first-order valence-electron chi connectivity index (χ1n) is 7.19. The fourth-order valence-corrected chi connectivity index (χ4v) is 2.71. The van der Waals surface area contributed by atoms with Gasteiger partial charge >= 0.3 is 0 Å². The third-order valence-electron chi connectivity index (χ3n) is 3.63. The van der Waals surface area contributed by atoms with E-state index in [0.29, 0.717) is 21.2 Å². The van der Waals surface area contributed by atoms with E-state index in [2.05, 4.69) is 0 Å². The lowest BCUT2D eigenvalue weighted by Gasteiger charge is -2.03. The van der Waals surface area contributed by atoms with Crippen molar-refractivity contribution in [3.05, 3.63) is 87.4 Å². The molecular weight excluding hydrogens is 341 g/mol. The van der Waals surface area contributed by atoms with Gasteiger partial charge < -0.3 is 0 Å². The van der Waals surface area contributed by atoms with Crippen LogP contribution in [0.15, 0.2) is 66.2 Å². The van der Waals surface area contributed by atoms with Crippen LogP contribution in [0.25, 0.3) is 16.8 Å². The summed E-state index contributed by atoms with van der Waals surface area (Å²) in [5.41, 5.74) is 1.17. The molecule has 0 atom stereocenters. The highest BCUT2D eigenvalue weighted by Gasteiger charge is 2.13. The van der Waals surface area contributed by atoms with Crippen LogP contribution in [0.5, 0.6) is 0 Å². The van der Waals surface area contributed by atoms with E-state index < -0.39 is 0 Å². The number of fused-ring (bicyclic) bond motifs is 1. The van der Waals surface area contributed by atoms with Gasteiger partial charge in [-0.1, -0.05) is 65.7 Å². The molecule has 3 aromatic rings. The first-order valence-corrected chi connectivity index (χ1v) is 7.94. The van der Waals surface area contributed by atoms with Crippen LogP contribution in [-0.2, 0) is 0 Å². The van der Waals surface area contributed by atoms with Crippen LogP contribution in [0.4, 0.5) is 0 Å². The van der Waals surface area contributed by atoms with Crippen molar-refractivity contribution in [2.75, 3.05) is 0 Å². The van der Waals surface area contributed by atoms with Crippen LogP contribution in [-0.4, -0.2) is 5.78 Å². The Bertz CT molecular complexity index is 1020. The van der Waals surface area contributed by atoms with Crippen LogP contribution in [0.1, 0.15) is 15.9 Å². The Hall–Kier alpha value is -2.60. The number of nitrogens with zero attached hydrogens (tertiary/aromatic N) is 1. The quantitative estimate of drug-likeness (QED) is 0.333. The van der Waals surface area contributed by atoms with Crippen molar-refractivity contribution in [1.82, 2.24) is 0 Å². The summed E-state index contributed by atoms with van der Waals surface area (Å²) in [6.07, 6.45) is 1.51. The van der Waals surface area contributed by atoms with E-state index in [0.717, 1.165) is 10.8 Å². The maximum absolute atomic E-state index is 12.6. The Kier molecular flexibility index (Phi) is 4.66. The molecule has 0 saturated carbocycles. The lowest BCUT2D eigenvalue weighted by Crippen LogP contribution is -2.01. The minimum atomic E-state index is -0.325. The van der Waals surface area contributed by atoms with E-state index in [4.69, 9.17) is 23.2 Å². The molecule has 2 nitrogen and oxygen atoms in total. The van der Waals surface area contributed by atoms with Gasteiger partial charge in [-0.15, -0.1) is 0 Å². The summed E-state index contributed by atoms with van der Waals surface area (Å²) in [5.74, 6) is -0.325. The lowest BCUT2D eigenvalue weighted by molar-refractivity contribution is 0.104. The molecule has 0 radical (unpaired) electrons. The molecule has 0 aliphatic rings. The van der Waals surface area contributed by atoms with Crippen LogP contribution in [0.3, 0.4) is 0 Å². The van der Waals surface area contributed by atoms with Gasteiger partial charge in [0, 0.05) is 5.56 Å². The molecule has 0 aromatic heterocycles. The first kappa shape index (κ1) is 16.3. The summed E-state index contributed by atoms with van der Waals surface area (Å²) >= 11 is 11.9. The standard InChI is InChI=1S/C20H11Cl2NO/c21-18-8-5-13(10-19(18)22)9-17(12-23)20(24)16-7-6-14-3-1-2-4-15(14)11-16/h1-11H/b17-9+. The van der Waals surface area contributed by atoms with Gasteiger partial charge in [-0.3, -0.25) is 4.79 Å². The number of ketones is 1. The molecule has 0 amide bonds. The van der Waals surface area contributed by atoms with E-state index in [-0.39, 0.29) is 11.4 Å². The molecule has 0 saturated heterocycles. The number of benzene rings is 3. The molecule has 0 aliphatic carbocycles. The average Bonchev–Trinajstić information content (AvgIpc) is 2.61. The van der Waals surface area contributed by atoms with Crippen molar-refractivity contribution in [2.45, 2.75) is 0 Å². The number of carbonyl (C=O) groups excluding carboxylic acids is 1. The molecule has 0 N–H and O–H groups in total. The molecule has 3 aromatic carbocycles. The highest BCUT2D eigenvalue weighted by atomic mass is 35.5. The van der Waals surface area contributed by atoms with Crippen LogP contribution in [0, 0.1) is 11.3 Å². The number of halogens is 2. The molecule has 0 heterocycles. The zero-order valence-electron chi connectivity index (χ0n) is 12.5. The predicted molar refractivity (Wildman–Crippen MR) is 98.3 cm³/mol. The fraction of sp³-hybridized carbons (Fsp3) is 0. The molecule has 4 heteroatoms. The second-order valence-corrected chi connectivity index (χ2v) is 6.05. The summed E-state index contributed by atoms with van der Waals surface area (Å²) in [6, 6.07) is 20.1. The molecule has 3 rings (SSSR count). The summed E-state index contributed by atoms with van der Waals surface area (Å²) in [7, 11) is 0. The fourth-order valence-electron chi connectivity index (χ4n) is 2.40. The van der Waals surface area contributed by atoms with Crippen LogP contribution in [0.2, 0.25) is 10.0 Å². The third kappa shape index (κ3) is 3.33. The van der Waals surface area contributed by atoms with Crippen LogP contribution < -0.4 is 0 Å². The van der Waals surface area contributed by atoms with Crippen molar-refractivity contribution in [3.63, 3.8) is 0 Å². The molecule has 116 valence electrons. The first-order chi connectivity index (χ1) is 11.6. The third-order valence-corrected chi connectivity index (χ3v) is 4.37. The summed E-state index contributed by atoms with van der Waals surface area (Å²) in [6.45, 7) is 0. The van der Waals surface area contributed by atoms with E-state index in [9.17, 15) is 10.1 Å². The maximum Gasteiger partial charge on any atom is 0.203 e. The van der Waals surface area contributed by atoms with Crippen molar-refractivity contribution >= 4 is 45.8 Å². The molecular formula is C20H11Cl2NO. The summed E-state index contributed by atoms with van der Waals surface area (Å²) in [4.78, 5) is 12.6. The molecule has 0 bridgehead atoms. The maximum atomic E-state index is 12.6. The second-order valence-electron chi connectivity index (χ2n) is 5.23. The van der Waals surface area contributed by atoms with Gasteiger partial charge in [-0.05, 0) is 40.6 Å². The van der Waals surface area contributed by atoms with Crippen molar-refractivity contribution in [3.8, 4) is 6.07 Å². The Balaban J connectivity index is 1.99. The van der Waals surface area contributed by atoms with Gasteiger partial charge in [0.05, 0.1) is 10.0 Å². The average molecular weight is 352 g/mol. The van der Waals surface area contributed by atoms with Gasteiger partial charge in [0.15, 0.2) is 0 Å². The number of rotatable bonds is 3. The normalized spacial score (nSPS) is 11.3.